The van der Waals surface area contributed by atoms with Gasteiger partial charge in [0, 0.05) is 37.9 Å². The first-order valence-electron chi connectivity index (χ1n) is 6.86. The lowest BCUT2D eigenvalue weighted by molar-refractivity contribution is 0.0383. The molecule has 0 aliphatic carbocycles. The molecule has 0 unspecified atom stereocenters. The summed E-state index contributed by atoms with van der Waals surface area (Å²) in [4.78, 5) is 6.80. The molecular weight excluding hydrogens is 240 g/mol. The molecule has 0 spiro atoms. The van der Waals surface area contributed by atoms with Crippen molar-refractivity contribution >= 4 is 5.82 Å². The Labute approximate surface area is 113 Å². The minimum atomic E-state index is 0.868. The largest absolute Gasteiger partial charge is 0.379 e. The second-order valence-electron chi connectivity index (χ2n) is 4.84. The maximum absolute atomic E-state index is 5.36. The summed E-state index contributed by atoms with van der Waals surface area (Å²) < 4.78 is 5.36. The van der Waals surface area contributed by atoms with Crippen LogP contribution in [0.1, 0.15) is 6.42 Å². The van der Waals surface area contributed by atoms with Crippen molar-refractivity contribution < 1.29 is 4.74 Å². The number of nitrogens with one attached hydrogen (secondary N) is 1. The van der Waals surface area contributed by atoms with Gasteiger partial charge in [-0.05, 0) is 18.2 Å². The van der Waals surface area contributed by atoms with E-state index in [1.54, 1.807) is 0 Å². The van der Waals surface area contributed by atoms with Gasteiger partial charge >= 0.3 is 0 Å². The fraction of sp³-hybridized carbons (Fsp3) is 0.500. The Morgan fingerprint density at radius 2 is 2.16 bits per heavy atom. The second kappa shape index (κ2) is 6.04. The van der Waals surface area contributed by atoms with E-state index in [9.17, 15) is 0 Å². The average Bonchev–Trinajstić information content (AvgIpc) is 2.96. The molecule has 0 atom stereocenters. The number of rotatable bonds is 4. The number of hydrogen-bond donors (Lipinski definition) is 1. The highest BCUT2D eigenvalue weighted by atomic mass is 16.5. The second-order valence-corrected chi connectivity index (χ2v) is 4.84. The van der Waals surface area contributed by atoms with Gasteiger partial charge in [0.15, 0.2) is 0 Å². The summed E-state index contributed by atoms with van der Waals surface area (Å²) in [5.74, 6) is 0.972. The monoisotopic (exact) mass is 260 g/mol. The van der Waals surface area contributed by atoms with Crippen LogP contribution in [0.2, 0.25) is 0 Å². The Morgan fingerprint density at radius 3 is 2.95 bits per heavy atom. The van der Waals surface area contributed by atoms with Gasteiger partial charge in [0.25, 0.3) is 0 Å². The molecule has 19 heavy (non-hydrogen) atoms. The van der Waals surface area contributed by atoms with E-state index in [1.165, 1.54) is 5.70 Å². The van der Waals surface area contributed by atoms with E-state index in [2.05, 4.69) is 26.4 Å². The molecule has 3 heterocycles. The smallest absolute Gasteiger partial charge is 0.147 e. The van der Waals surface area contributed by atoms with Gasteiger partial charge in [0.05, 0.1) is 19.8 Å². The van der Waals surface area contributed by atoms with Gasteiger partial charge in [-0.2, -0.15) is 0 Å². The number of ether oxygens (including phenoxy) is 1. The predicted octanol–water partition coefficient (Wildman–Crippen LogP) is 1.01. The number of morpholine rings is 1. The van der Waals surface area contributed by atoms with E-state index in [1.807, 2.05) is 24.4 Å². The average molecular weight is 260 g/mol. The van der Waals surface area contributed by atoms with Crippen LogP contribution < -0.4 is 10.4 Å². The van der Waals surface area contributed by atoms with E-state index in [4.69, 9.17) is 4.74 Å². The number of aromatic nitrogens is 1. The summed E-state index contributed by atoms with van der Waals surface area (Å²) in [6, 6.07) is 5.97. The molecule has 1 fully saturated rings. The lowest BCUT2D eigenvalue weighted by atomic mass is 10.3. The van der Waals surface area contributed by atoms with Crippen LogP contribution in [0.15, 0.2) is 36.2 Å². The molecule has 3 rings (SSSR count). The lowest BCUT2D eigenvalue weighted by Crippen LogP contribution is -2.38. The van der Waals surface area contributed by atoms with Crippen LogP contribution >= 0.6 is 0 Å². The maximum Gasteiger partial charge on any atom is 0.147 e. The Morgan fingerprint density at radius 1 is 1.26 bits per heavy atom. The van der Waals surface area contributed by atoms with Gasteiger partial charge in [-0.3, -0.25) is 9.91 Å². The van der Waals surface area contributed by atoms with Crippen molar-refractivity contribution in [2.24, 2.45) is 0 Å². The Hall–Kier alpha value is -1.59. The van der Waals surface area contributed by atoms with Crippen LogP contribution in [0.5, 0.6) is 0 Å². The number of hydrazine groups is 1. The number of hydrogen-bond acceptors (Lipinski definition) is 5. The van der Waals surface area contributed by atoms with E-state index in [-0.39, 0.29) is 0 Å². The van der Waals surface area contributed by atoms with E-state index in [0.29, 0.717) is 0 Å². The van der Waals surface area contributed by atoms with E-state index >= 15 is 0 Å². The Balaban J connectivity index is 1.46. The van der Waals surface area contributed by atoms with Crippen LogP contribution in [-0.2, 0) is 4.74 Å². The van der Waals surface area contributed by atoms with Crippen molar-refractivity contribution in [2.45, 2.75) is 6.42 Å². The lowest BCUT2D eigenvalue weighted by Gasteiger charge is -2.27. The van der Waals surface area contributed by atoms with Crippen LogP contribution in [-0.4, -0.2) is 49.3 Å². The third-order valence-corrected chi connectivity index (χ3v) is 3.53. The minimum absolute atomic E-state index is 0.868. The van der Waals surface area contributed by atoms with Crippen molar-refractivity contribution in [3.8, 4) is 0 Å². The number of nitrogens with zero attached hydrogens (tertiary/aromatic N) is 3. The normalized spacial score (nSPS) is 20.2. The molecule has 0 bridgehead atoms. The third kappa shape index (κ3) is 3.24. The number of pyridine rings is 1. The molecule has 1 aromatic heterocycles. The van der Waals surface area contributed by atoms with E-state index in [0.717, 1.165) is 51.6 Å². The summed E-state index contributed by atoms with van der Waals surface area (Å²) in [5, 5.41) is 2.08. The summed E-state index contributed by atoms with van der Waals surface area (Å²) >= 11 is 0. The van der Waals surface area contributed by atoms with Crippen LogP contribution in [0.4, 0.5) is 5.82 Å². The van der Waals surface area contributed by atoms with Crippen molar-refractivity contribution in [2.75, 3.05) is 44.4 Å². The maximum atomic E-state index is 5.36. The van der Waals surface area contributed by atoms with Crippen LogP contribution in [0.3, 0.4) is 0 Å². The van der Waals surface area contributed by atoms with Gasteiger partial charge in [-0.1, -0.05) is 6.07 Å². The first-order valence-corrected chi connectivity index (χ1v) is 6.86. The molecule has 2 aliphatic heterocycles. The van der Waals surface area contributed by atoms with Gasteiger partial charge < -0.3 is 10.2 Å². The molecule has 1 saturated heterocycles. The summed E-state index contributed by atoms with van der Waals surface area (Å²) in [5.41, 5.74) is 4.71. The molecule has 5 nitrogen and oxygen atoms in total. The number of anilines is 1. The molecule has 2 aliphatic rings. The molecule has 0 saturated carbocycles. The summed E-state index contributed by atoms with van der Waals surface area (Å²) in [7, 11) is 0. The van der Waals surface area contributed by atoms with Crippen molar-refractivity contribution in [1.82, 2.24) is 15.3 Å². The molecule has 0 radical (unpaired) electrons. The van der Waals surface area contributed by atoms with Crippen molar-refractivity contribution in [3.63, 3.8) is 0 Å². The standard InChI is InChI=1S/C14H20N4O/c1-2-6-15-14(3-1)18-8-5-13(16-18)4-7-17-9-11-19-12-10-17/h1-3,5-6,16H,4,7-12H2. The molecular formula is C14H20N4O. The van der Waals surface area contributed by atoms with Gasteiger partial charge in [0.2, 0.25) is 0 Å². The first-order chi connectivity index (χ1) is 9.42. The summed E-state index contributed by atoms with van der Waals surface area (Å²) in [6.07, 6.45) is 5.13. The molecule has 1 aromatic rings. The Bertz CT molecular complexity index is 428. The van der Waals surface area contributed by atoms with Gasteiger partial charge in [0.1, 0.15) is 5.82 Å². The first kappa shape index (κ1) is 12.4. The molecule has 1 N–H and O–H groups in total. The topological polar surface area (TPSA) is 40.6 Å². The zero-order chi connectivity index (χ0) is 12.9. The van der Waals surface area contributed by atoms with Crippen LogP contribution in [0, 0.1) is 0 Å². The fourth-order valence-electron chi connectivity index (χ4n) is 2.39. The molecule has 102 valence electrons. The zero-order valence-corrected chi connectivity index (χ0v) is 11.1. The Kier molecular flexibility index (Phi) is 3.95. The van der Waals surface area contributed by atoms with Crippen LogP contribution in [0.25, 0.3) is 0 Å². The van der Waals surface area contributed by atoms with Crippen molar-refractivity contribution in [3.05, 3.63) is 36.2 Å². The predicted molar refractivity (Wildman–Crippen MR) is 74.7 cm³/mol. The highest BCUT2D eigenvalue weighted by Crippen LogP contribution is 2.14. The van der Waals surface area contributed by atoms with E-state index < -0.39 is 0 Å². The fourth-order valence-corrected chi connectivity index (χ4v) is 2.39. The van der Waals surface area contributed by atoms with Gasteiger partial charge in [-0.25, -0.2) is 4.98 Å². The quantitative estimate of drug-likeness (QED) is 0.875. The summed E-state index contributed by atoms with van der Waals surface area (Å²) in [6.45, 7) is 5.82. The van der Waals surface area contributed by atoms with Crippen molar-refractivity contribution in [1.29, 1.82) is 0 Å². The highest BCUT2D eigenvalue weighted by Gasteiger charge is 2.16. The van der Waals surface area contributed by atoms with Gasteiger partial charge in [-0.15, -0.1) is 0 Å². The molecule has 0 amide bonds. The molecule has 0 aromatic carbocycles. The molecule has 5 heteroatoms. The zero-order valence-electron chi connectivity index (χ0n) is 11.1. The minimum Gasteiger partial charge on any atom is -0.379 e. The highest BCUT2D eigenvalue weighted by molar-refractivity contribution is 5.40. The third-order valence-electron chi connectivity index (χ3n) is 3.53. The SMILES string of the molecule is C1=C(CCN2CCOCC2)NN(c2ccccn2)C1.